The monoisotopic (exact) mass is 339 g/mol. The quantitative estimate of drug-likeness (QED) is 0.780. The van der Waals surface area contributed by atoms with Crippen LogP contribution in [0.15, 0.2) is 48.8 Å². The summed E-state index contributed by atoms with van der Waals surface area (Å²) in [5.74, 6) is 0.318. The summed E-state index contributed by atoms with van der Waals surface area (Å²) >= 11 is 0. The van der Waals surface area contributed by atoms with Gasteiger partial charge in [-0.15, -0.1) is 0 Å². The Morgan fingerprint density at radius 2 is 2.16 bits per heavy atom. The van der Waals surface area contributed by atoms with E-state index in [-0.39, 0.29) is 17.3 Å². The molecule has 128 valence electrons. The number of amides is 2. The van der Waals surface area contributed by atoms with E-state index >= 15 is 0 Å². The average Bonchev–Trinajstić information content (AvgIpc) is 3.23. The Morgan fingerprint density at radius 1 is 1.28 bits per heavy atom. The van der Waals surface area contributed by atoms with E-state index in [1.165, 1.54) is 6.07 Å². The van der Waals surface area contributed by atoms with Gasteiger partial charge in [0.25, 0.3) is 0 Å². The van der Waals surface area contributed by atoms with Gasteiger partial charge in [0.05, 0.1) is 6.20 Å². The molecule has 7 heteroatoms. The maximum absolute atomic E-state index is 13.5. The zero-order valence-corrected chi connectivity index (χ0v) is 13.8. The first kappa shape index (κ1) is 15.6. The van der Waals surface area contributed by atoms with Gasteiger partial charge in [0, 0.05) is 30.8 Å². The molecule has 1 atom stereocenters. The maximum Gasteiger partial charge on any atom is 0.323 e. The number of carbonyl (C=O) groups excluding carboxylic acids is 1. The van der Waals surface area contributed by atoms with E-state index in [1.54, 1.807) is 46.1 Å². The number of anilines is 1. The lowest BCUT2D eigenvalue weighted by atomic mass is 9.82. The fourth-order valence-corrected chi connectivity index (χ4v) is 3.35. The zero-order valence-electron chi connectivity index (χ0n) is 13.8. The van der Waals surface area contributed by atoms with Crippen LogP contribution >= 0.6 is 0 Å². The maximum atomic E-state index is 13.5. The Balaban J connectivity index is 1.51. The number of hydrogen-bond acceptors (Lipinski definition) is 3. The van der Waals surface area contributed by atoms with Crippen molar-refractivity contribution in [3.8, 4) is 0 Å². The second kappa shape index (κ2) is 5.84. The molecule has 4 rings (SSSR count). The predicted molar refractivity (Wildman–Crippen MR) is 91.9 cm³/mol. The van der Waals surface area contributed by atoms with Crippen molar-refractivity contribution < 1.29 is 9.18 Å². The van der Waals surface area contributed by atoms with Crippen molar-refractivity contribution in [3.05, 3.63) is 60.2 Å². The first-order valence-electron chi connectivity index (χ1n) is 8.16. The highest BCUT2D eigenvalue weighted by molar-refractivity contribution is 5.89. The highest BCUT2D eigenvalue weighted by Crippen LogP contribution is 2.34. The minimum absolute atomic E-state index is 0.192. The van der Waals surface area contributed by atoms with Gasteiger partial charge in [-0.25, -0.2) is 14.2 Å². The number of rotatable bonds is 2. The molecule has 2 aromatic heterocycles. The Bertz CT molecular complexity index is 940. The van der Waals surface area contributed by atoms with Gasteiger partial charge in [0.15, 0.2) is 5.65 Å². The van der Waals surface area contributed by atoms with Crippen molar-refractivity contribution in [2.24, 2.45) is 0 Å². The van der Waals surface area contributed by atoms with Crippen LogP contribution in [0.4, 0.5) is 15.0 Å². The van der Waals surface area contributed by atoms with Crippen LogP contribution in [0.1, 0.15) is 18.9 Å². The molecular formula is C18H18FN5O. The number of nitrogens with one attached hydrogen (secondary N) is 1. The number of aromatic nitrogens is 3. The fourth-order valence-electron chi connectivity index (χ4n) is 3.35. The molecule has 1 unspecified atom stereocenters. The summed E-state index contributed by atoms with van der Waals surface area (Å²) in [7, 11) is 0. The topological polar surface area (TPSA) is 62.5 Å². The van der Waals surface area contributed by atoms with Gasteiger partial charge in [-0.1, -0.05) is 19.1 Å². The van der Waals surface area contributed by atoms with Gasteiger partial charge in [-0.3, -0.25) is 5.32 Å². The van der Waals surface area contributed by atoms with Crippen molar-refractivity contribution in [1.82, 2.24) is 19.5 Å². The molecule has 0 radical (unpaired) electrons. The molecule has 6 nitrogen and oxygen atoms in total. The standard InChI is InChI=1S/C18H18FN5O/c1-18(13-3-2-4-14(19)11-13)7-10-23(12-18)17(25)22-16-5-8-20-15-6-9-21-24(15)16/h2-6,8-9,11H,7,10,12H2,1H3,(H,22,25). The van der Waals surface area contributed by atoms with Crippen LogP contribution in [0.3, 0.4) is 0 Å². The lowest BCUT2D eigenvalue weighted by Gasteiger charge is -2.25. The van der Waals surface area contributed by atoms with Gasteiger partial charge in [-0.2, -0.15) is 9.61 Å². The van der Waals surface area contributed by atoms with Crippen molar-refractivity contribution in [2.45, 2.75) is 18.8 Å². The van der Waals surface area contributed by atoms with Crippen LogP contribution in [-0.2, 0) is 5.41 Å². The third-order valence-corrected chi connectivity index (χ3v) is 4.81. The van der Waals surface area contributed by atoms with Crippen molar-refractivity contribution in [2.75, 3.05) is 18.4 Å². The molecule has 3 heterocycles. The number of likely N-dealkylation sites (tertiary alicyclic amines) is 1. The summed E-state index contributed by atoms with van der Waals surface area (Å²) in [4.78, 5) is 18.6. The molecular weight excluding hydrogens is 321 g/mol. The molecule has 0 bridgehead atoms. The minimum atomic E-state index is -0.251. The molecule has 0 spiro atoms. The lowest BCUT2D eigenvalue weighted by Crippen LogP contribution is -2.36. The van der Waals surface area contributed by atoms with Crippen LogP contribution in [-0.4, -0.2) is 38.6 Å². The number of urea groups is 1. The number of halogens is 1. The van der Waals surface area contributed by atoms with Gasteiger partial charge >= 0.3 is 6.03 Å². The highest BCUT2D eigenvalue weighted by Gasteiger charge is 2.37. The van der Waals surface area contributed by atoms with E-state index < -0.39 is 0 Å². The largest absolute Gasteiger partial charge is 0.324 e. The molecule has 0 aliphatic carbocycles. The van der Waals surface area contributed by atoms with E-state index in [9.17, 15) is 9.18 Å². The minimum Gasteiger partial charge on any atom is -0.324 e. The summed E-state index contributed by atoms with van der Waals surface area (Å²) in [5.41, 5.74) is 1.34. The Hall–Kier alpha value is -2.96. The fraction of sp³-hybridized carbons (Fsp3) is 0.278. The highest BCUT2D eigenvalue weighted by atomic mass is 19.1. The molecule has 3 aromatic rings. The molecule has 1 saturated heterocycles. The van der Waals surface area contributed by atoms with Crippen LogP contribution in [0, 0.1) is 5.82 Å². The normalized spacial score (nSPS) is 20.2. The first-order valence-corrected chi connectivity index (χ1v) is 8.16. The lowest BCUT2D eigenvalue weighted by molar-refractivity contribution is 0.219. The second-order valence-electron chi connectivity index (χ2n) is 6.60. The molecule has 1 aromatic carbocycles. The number of carbonyl (C=O) groups is 1. The SMILES string of the molecule is CC1(c2cccc(F)c2)CCN(C(=O)Nc2ccnc3ccnn23)C1. The van der Waals surface area contributed by atoms with Gasteiger partial charge in [-0.05, 0) is 30.2 Å². The number of hydrogen-bond donors (Lipinski definition) is 1. The summed E-state index contributed by atoms with van der Waals surface area (Å²) in [6.07, 6.45) is 4.06. The van der Waals surface area contributed by atoms with Gasteiger partial charge in [0.1, 0.15) is 11.6 Å². The molecule has 2 amide bonds. The first-order chi connectivity index (χ1) is 12.0. The molecule has 1 N–H and O–H groups in total. The third kappa shape index (κ3) is 2.82. The Kier molecular flexibility index (Phi) is 3.63. The summed E-state index contributed by atoms with van der Waals surface area (Å²) in [5, 5.41) is 7.05. The molecule has 0 saturated carbocycles. The average molecular weight is 339 g/mol. The third-order valence-electron chi connectivity index (χ3n) is 4.81. The van der Waals surface area contributed by atoms with E-state index in [0.29, 0.717) is 24.6 Å². The van der Waals surface area contributed by atoms with Crippen LogP contribution in [0.2, 0.25) is 0 Å². The molecule has 1 aliphatic heterocycles. The van der Waals surface area contributed by atoms with Gasteiger partial charge in [0.2, 0.25) is 0 Å². The van der Waals surface area contributed by atoms with Crippen LogP contribution in [0.5, 0.6) is 0 Å². The van der Waals surface area contributed by atoms with E-state index in [1.807, 2.05) is 6.07 Å². The smallest absolute Gasteiger partial charge is 0.323 e. The second-order valence-corrected chi connectivity index (χ2v) is 6.60. The summed E-state index contributed by atoms with van der Waals surface area (Å²) in [6.45, 7) is 3.22. The zero-order chi connectivity index (χ0) is 17.4. The van der Waals surface area contributed by atoms with Crippen molar-refractivity contribution in [3.63, 3.8) is 0 Å². The summed E-state index contributed by atoms with van der Waals surface area (Å²) in [6, 6.07) is 9.91. The number of benzene rings is 1. The van der Waals surface area contributed by atoms with E-state index in [0.717, 1.165) is 12.0 Å². The number of nitrogens with zero attached hydrogens (tertiary/aromatic N) is 4. The Morgan fingerprint density at radius 3 is 3.00 bits per heavy atom. The Labute approximate surface area is 144 Å². The van der Waals surface area contributed by atoms with E-state index in [2.05, 4.69) is 22.3 Å². The van der Waals surface area contributed by atoms with Gasteiger partial charge < -0.3 is 4.90 Å². The van der Waals surface area contributed by atoms with Crippen LogP contribution in [0.25, 0.3) is 5.65 Å². The van der Waals surface area contributed by atoms with E-state index in [4.69, 9.17) is 0 Å². The van der Waals surface area contributed by atoms with Crippen LogP contribution < -0.4 is 5.32 Å². The molecule has 25 heavy (non-hydrogen) atoms. The summed E-state index contributed by atoms with van der Waals surface area (Å²) < 4.78 is 15.1. The molecule has 1 aliphatic rings. The number of fused-ring (bicyclic) bond motifs is 1. The predicted octanol–water partition coefficient (Wildman–Crippen LogP) is 3.06. The van der Waals surface area contributed by atoms with Crippen molar-refractivity contribution in [1.29, 1.82) is 0 Å². The molecule has 1 fully saturated rings. The van der Waals surface area contributed by atoms with Crippen molar-refractivity contribution >= 4 is 17.5 Å².